The third kappa shape index (κ3) is 2.22. The van der Waals surface area contributed by atoms with Gasteiger partial charge in [-0.05, 0) is 32.6 Å². The summed E-state index contributed by atoms with van der Waals surface area (Å²) in [4.78, 5) is 14.3. The van der Waals surface area contributed by atoms with Crippen LogP contribution in [0.15, 0.2) is 0 Å². The number of rotatable bonds is 1. The molecule has 0 aromatic heterocycles. The van der Waals surface area contributed by atoms with Gasteiger partial charge in [-0.15, -0.1) is 0 Å². The summed E-state index contributed by atoms with van der Waals surface area (Å²) in [5.74, 6) is 0.325. The van der Waals surface area contributed by atoms with Crippen LogP contribution in [0.5, 0.6) is 0 Å². The molecule has 15 heavy (non-hydrogen) atoms. The Morgan fingerprint density at radius 3 is 2.60 bits per heavy atom. The highest BCUT2D eigenvalue weighted by Crippen LogP contribution is 2.36. The number of halogens is 1. The van der Waals surface area contributed by atoms with E-state index in [-0.39, 0.29) is 10.4 Å². The zero-order chi connectivity index (χ0) is 10.9. The maximum atomic E-state index is 12.1. The lowest BCUT2D eigenvalue weighted by Crippen LogP contribution is -2.55. The minimum atomic E-state index is 0.0741. The fourth-order valence-electron chi connectivity index (χ4n) is 2.95. The second kappa shape index (κ2) is 4.44. The first kappa shape index (κ1) is 11.4. The highest BCUT2D eigenvalue weighted by Gasteiger charge is 2.39. The summed E-state index contributed by atoms with van der Waals surface area (Å²) >= 11 is 3.49. The average Bonchev–Trinajstić information content (AvgIpc) is 2.23. The van der Waals surface area contributed by atoms with Crippen molar-refractivity contribution in [2.24, 2.45) is 0 Å². The predicted molar refractivity (Wildman–Crippen MR) is 65.2 cm³/mol. The van der Waals surface area contributed by atoms with E-state index in [1.807, 2.05) is 0 Å². The fourth-order valence-corrected chi connectivity index (χ4v) is 3.52. The van der Waals surface area contributed by atoms with Crippen molar-refractivity contribution in [3.05, 3.63) is 0 Å². The van der Waals surface area contributed by atoms with E-state index in [0.717, 1.165) is 19.4 Å². The molecule has 0 N–H and O–H groups in total. The molecule has 2 rings (SSSR count). The van der Waals surface area contributed by atoms with Gasteiger partial charge in [-0.3, -0.25) is 4.79 Å². The zero-order valence-corrected chi connectivity index (χ0v) is 11.1. The van der Waals surface area contributed by atoms with E-state index in [2.05, 4.69) is 27.8 Å². The topological polar surface area (TPSA) is 20.3 Å². The van der Waals surface area contributed by atoms with Crippen molar-refractivity contribution < 1.29 is 4.79 Å². The Morgan fingerprint density at radius 1 is 1.27 bits per heavy atom. The monoisotopic (exact) mass is 273 g/mol. The van der Waals surface area contributed by atoms with Crippen LogP contribution >= 0.6 is 15.9 Å². The second-order valence-corrected chi connectivity index (χ2v) is 6.26. The second-order valence-electron chi connectivity index (χ2n) is 5.16. The van der Waals surface area contributed by atoms with Crippen LogP contribution in [0.4, 0.5) is 0 Å². The van der Waals surface area contributed by atoms with Gasteiger partial charge in [0.1, 0.15) is 0 Å². The van der Waals surface area contributed by atoms with Crippen LogP contribution in [0.2, 0.25) is 0 Å². The van der Waals surface area contributed by atoms with Gasteiger partial charge >= 0.3 is 0 Å². The van der Waals surface area contributed by atoms with Crippen molar-refractivity contribution in [1.29, 1.82) is 0 Å². The molecule has 0 radical (unpaired) electrons. The standard InChI is InChI=1S/C12H20BrNO/c1-12(7-3-2-4-8-12)14-9-5-6-10(13)11(14)15/h10H,2-9H2,1H3. The van der Waals surface area contributed by atoms with E-state index in [1.54, 1.807) is 0 Å². The number of alkyl halides is 1. The molecule has 3 heteroatoms. The Labute approximate surface area is 101 Å². The van der Waals surface area contributed by atoms with E-state index < -0.39 is 0 Å². The van der Waals surface area contributed by atoms with Crippen molar-refractivity contribution in [2.75, 3.05) is 6.54 Å². The summed E-state index contributed by atoms with van der Waals surface area (Å²) in [6, 6.07) is 0. The van der Waals surface area contributed by atoms with Gasteiger partial charge < -0.3 is 4.90 Å². The quantitative estimate of drug-likeness (QED) is 0.673. The van der Waals surface area contributed by atoms with E-state index >= 15 is 0 Å². The Kier molecular flexibility index (Phi) is 3.39. The average molecular weight is 274 g/mol. The first-order valence-electron chi connectivity index (χ1n) is 6.09. The minimum absolute atomic E-state index is 0.0741. The summed E-state index contributed by atoms with van der Waals surface area (Å²) in [7, 11) is 0. The Bertz CT molecular complexity index is 248. The Balaban J connectivity index is 2.10. The van der Waals surface area contributed by atoms with E-state index in [0.29, 0.717) is 5.91 Å². The molecule has 86 valence electrons. The summed E-state index contributed by atoms with van der Waals surface area (Å²) < 4.78 is 0. The molecule has 1 atom stereocenters. The van der Waals surface area contributed by atoms with Crippen LogP contribution in [0, 0.1) is 0 Å². The van der Waals surface area contributed by atoms with Crippen molar-refractivity contribution in [2.45, 2.75) is 62.2 Å². The van der Waals surface area contributed by atoms with Crippen LogP contribution in [-0.2, 0) is 4.79 Å². The third-order valence-corrected chi connectivity index (χ3v) is 4.81. The first-order valence-corrected chi connectivity index (χ1v) is 7.01. The number of likely N-dealkylation sites (tertiary alicyclic amines) is 1. The third-order valence-electron chi connectivity index (χ3n) is 3.96. The van der Waals surface area contributed by atoms with Gasteiger partial charge in [-0.2, -0.15) is 0 Å². The fraction of sp³-hybridized carbons (Fsp3) is 0.917. The van der Waals surface area contributed by atoms with Gasteiger partial charge in [0.2, 0.25) is 5.91 Å². The van der Waals surface area contributed by atoms with Gasteiger partial charge in [0.05, 0.1) is 4.83 Å². The lowest BCUT2D eigenvalue weighted by molar-refractivity contribution is -0.140. The molecule has 2 nitrogen and oxygen atoms in total. The molecule has 1 aliphatic carbocycles. The smallest absolute Gasteiger partial charge is 0.236 e. The maximum absolute atomic E-state index is 12.1. The van der Waals surface area contributed by atoms with Crippen LogP contribution in [0.3, 0.4) is 0 Å². The number of carbonyl (C=O) groups is 1. The molecular formula is C12H20BrNO. The zero-order valence-electron chi connectivity index (χ0n) is 9.47. The predicted octanol–water partition coefficient (Wildman–Crippen LogP) is 3.10. The first-order chi connectivity index (χ1) is 7.13. The van der Waals surface area contributed by atoms with Gasteiger partial charge in [-0.1, -0.05) is 35.2 Å². The maximum Gasteiger partial charge on any atom is 0.236 e. The van der Waals surface area contributed by atoms with E-state index in [9.17, 15) is 4.79 Å². The molecule has 1 unspecified atom stereocenters. The van der Waals surface area contributed by atoms with Crippen LogP contribution in [-0.4, -0.2) is 27.7 Å². The van der Waals surface area contributed by atoms with Gasteiger partial charge in [-0.25, -0.2) is 0 Å². The summed E-state index contributed by atoms with van der Waals surface area (Å²) in [6.45, 7) is 3.24. The highest BCUT2D eigenvalue weighted by molar-refractivity contribution is 9.10. The number of amides is 1. The summed E-state index contributed by atoms with van der Waals surface area (Å²) in [5.41, 5.74) is 0.155. The van der Waals surface area contributed by atoms with Crippen LogP contribution in [0.25, 0.3) is 0 Å². The molecular weight excluding hydrogens is 254 g/mol. The molecule has 0 bridgehead atoms. The van der Waals surface area contributed by atoms with E-state index in [1.165, 1.54) is 32.1 Å². The molecule has 2 aliphatic rings. The van der Waals surface area contributed by atoms with Crippen LogP contribution in [0.1, 0.15) is 51.9 Å². The molecule has 0 aromatic rings. The number of hydrogen-bond donors (Lipinski definition) is 0. The molecule has 2 fully saturated rings. The molecule has 0 aromatic carbocycles. The van der Waals surface area contributed by atoms with Crippen molar-refractivity contribution in [3.8, 4) is 0 Å². The molecule has 1 saturated carbocycles. The van der Waals surface area contributed by atoms with Crippen LogP contribution < -0.4 is 0 Å². The van der Waals surface area contributed by atoms with Gasteiger partial charge in [0, 0.05) is 12.1 Å². The largest absolute Gasteiger partial charge is 0.336 e. The minimum Gasteiger partial charge on any atom is -0.336 e. The number of nitrogens with zero attached hydrogens (tertiary/aromatic N) is 1. The van der Waals surface area contributed by atoms with Crippen molar-refractivity contribution in [3.63, 3.8) is 0 Å². The Morgan fingerprint density at radius 2 is 1.93 bits per heavy atom. The molecule has 1 amide bonds. The van der Waals surface area contributed by atoms with Gasteiger partial charge in [0.15, 0.2) is 0 Å². The lowest BCUT2D eigenvalue weighted by Gasteiger charge is -2.46. The van der Waals surface area contributed by atoms with E-state index in [4.69, 9.17) is 0 Å². The summed E-state index contributed by atoms with van der Waals surface area (Å²) in [6.07, 6.45) is 8.45. The number of carbonyl (C=O) groups excluding carboxylic acids is 1. The lowest BCUT2D eigenvalue weighted by atomic mass is 9.81. The molecule has 1 heterocycles. The SMILES string of the molecule is CC1(N2CCCC(Br)C2=O)CCCCC1. The number of piperidine rings is 1. The molecule has 0 spiro atoms. The van der Waals surface area contributed by atoms with Gasteiger partial charge in [0.25, 0.3) is 0 Å². The normalized spacial score (nSPS) is 31.7. The van der Waals surface area contributed by atoms with Crippen molar-refractivity contribution in [1.82, 2.24) is 4.90 Å². The van der Waals surface area contributed by atoms with Crippen molar-refractivity contribution >= 4 is 21.8 Å². The molecule has 1 aliphatic heterocycles. The highest BCUT2D eigenvalue weighted by atomic mass is 79.9. The Hall–Kier alpha value is -0.0500. The summed E-state index contributed by atoms with van der Waals surface area (Å²) in [5, 5.41) is 0. The number of hydrogen-bond acceptors (Lipinski definition) is 1. The molecule has 1 saturated heterocycles.